The van der Waals surface area contributed by atoms with Crippen molar-refractivity contribution < 1.29 is 14.5 Å². The van der Waals surface area contributed by atoms with E-state index in [1.807, 2.05) is 72.8 Å². The van der Waals surface area contributed by atoms with Crippen LogP contribution >= 0.6 is 0 Å². The number of nitro benzene ring substituents is 1. The number of anilines is 1. The predicted octanol–water partition coefficient (Wildman–Crippen LogP) is 5.02. The van der Waals surface area contributed by atoms with Crippen LogP contribution in [0.5, 0.6) is 0 Å². The summed E-state index contributed by atoms with van der Waals surface area (Å²) in [5.74, 6) is -2.29. The molecule has 1 heterocycles. The normalized spacial score (nSPS) is 24.6. The fourth-order valence-electron chi connectivity index (χ4n) is 5.85. The Morgan fingerprint density at radius 3 is 1.68 bits per heavy atom. The smallest absolute Gasteiger partial charge is 0.274 e. The molecule has 1 saturated carbocycles. The Morgan fingerprint density at radius 1 is 0.706 bits per heavy atom. The third-order valence-corrected chi connectivity index (χ3v) is 7.15. The number of carbonyl (C=O) groups excluding carboxylic acids is 2. The largest absolute Gasteiger partial charge is 0.293 e. The highest BCUT2D eigenvalue weighted by molar-refractivity contribution is 6.24. The zero-order valence-electron chi connectivity index (χ0n) is 18.1. The average molecular weight is 448 g/mol. The van der Waals surface area contributed by atoms with Gasteiger partial charge in [0.25, 0.3) is 5.69 Å². The zero-order chi connectivity index (χ0) is 23.4. The van der Waals surface area contributed by atoms with Gasteiger partial charge in [-0.1, -0.05) is 84.9 Å². The minimum absolute atomic E-state index is 0.0492. The van der Waals surface area contributed by atoms with E-state index in [1.54, 1.807) is 6.07 Å². The molecule has 6 nitrogen and oxygen atoms in total. The van der Waals surface area contributed by atoms with Gasteiger partial charge in [-0.05, 0) is 28.3 Å². The Hall–Kier alpha value is -4.32. The van der Waals surface area contributed by atoms with Crippen molar-refractivity contribution in [2.24, 2.45) is 23.7 Å². The van der Waals surface area contributed by atoms with Crippen molar-refractivity contribution in [1.82, 2.24) is 0 Å². The summed E-state index contributed by atoms with van der Waals surface area (Å²) in [4.78, 5) is 39.3. The summed E-state index contributed by atoms with van der Waals surface area (Å²) in [6.45, 7) is 0. The van der Waals surface area contributed by atoms with Gasteiger partial charge in [0.1, 0.15) is 5.69 Å². The summed E-state index contributed by atoms with van der Waals surface area (Å²) >= 11 is 0. The first-order chi connectivity index (χ1) is 16.6. The highest BCUT2D eigenvalue weighted by Crippen LogP contribution is 2.59. The summed E-state index contributed by atoms with van der Waals surface area (Å²) in [7, 11) is 0. The Bertz CT molecular complexity index is 1320. The molecule has 2 amide bonds. The molecule has 0 unspecified atom stereocenters. The minimum Gasteiger partial charge on any atom is -0.274 e. The molecule has 166 valence electrons. The lowest BCUT2D eigenvalue weighted by molar-refractivity contribution is -0.384. The van der Waals surface area contributed by atoms with Gasteiger partial charge < -0.3 is 0 Å². The second kappa shape index (κ2) is 7.63. The lowest BCUT2D eigenvalue weighted by Gasteiger charge is -2.21. The molecule has 0 N–H and O–H groups in total. The number of amides is 2. The maximum atomic E-state index is 13.6. The molecule has 4 atom stereocenters. The zero-order valence-corrected chi connectivity index (χ0v) is 18.1. The van der Waals surface area contributed by atoms with Crippen molar-refractivity contribution in [3.63, 3.8) is 0 Å². The molecule has 3 aromatic rings. The fraction of sp³-hybridized carbons (Fsp3) is 0.143. The Morgan fingerprint density at radius 2 is 1.18 bits per heavy atom. The molecule has 34 heavy (non-hydrogen) atoms. The van der Waals surface area contributed by atoms with Crippen LogP contribution in [0, 0.1) is 33.8 Å². The second-order valence-corrected chi connectivity index (χ2v) is 8.81. The number of para-hydroxylation sites is 2. The first kappa shape index (κ1) is 20.3. The van der Waals surface area contributed by atoms with Gasteiger partial charge in [0.05, 0.1) is 16.8 Å². The first-order valence-corrected chi connectivity index (χ1v) is 11.2. The Labute approximate surface area is 196 Å². The molecule has 3 aliphatic rings. The van der Waals surface area contributed by atoms with Gasteiger partial charge in [0.15, 0.2) is 0 Å². The Kier molecular flexibility index (Phi) is 4.55. The molecular weight excluding hydrogens is 428 g/mol. The van der Waals surface area contributed by atoms with Crippen LogP contribution in [-0.4, -0.2) is 16.7 Å². The molecular formula is C28H20N2O4. The molecule has 2 bridgehead atoms. The van der Waals surface area contributed by atoms with E-state index in [-0.39, 0.29) is 35.0 Å². The van der Waals surface area contributed by atoms with Crippen molar-refractivity contribution >= 4 is 28.8 Å². The number of imide groups is 1. The molecule has 1 saturated heterocycles. The molecule has 2 aliphatic carbocycles. The third-order valence-electron chi connectivity index (χ3n) is 7.15. The van der Waals surface area contributed by atoms with Gasteiger partial charge in [0, 0.05) is 17.9 Å². The van der Waals surface area contributed by atoms with Crippen LogP contribution in [0.2, 0.25) is 0 Å². The maximum absolute atomic E-state index is 13.6. The van der Waals surface area contributed by atoms with Crippen molar-refractivity contribution in [2.45, 2.75) is 0 Å². The summed E-state index contributed by atoms with van der Waals surface area (Å²) in [6.07, 6.45) is 4.06. The van der Waals surface area contributed by atoms with E-state index in [0.717, 1.165) is 27.2 Å². The van der Waals surface area contributed by atoms with Gasteiger partial charge in [-0.15, -0.1) is 0 Å². The summed E-state index contributed by atoms with van der Waals surface area (Å²) in [5.41, 5.74) is 4.02. The number of nitro groups is 1. The lowest BCUT2D eigenvalue weighted by Crippen LogP contribution is -2.33. The SMILES string of the molecule is O=C1[C@H]2[C@H](C(=O)N1c1ccccc1[N+](=O)[O-])[C@@H]1C=C[C@@H]2C1=C(c1ccccc1)c1ccccc1. The number of hydrogen-bond acceptors (Lipinski definition) is 4. The van der Waals surface area contributed by atoms with Crippen molar-refractivity contribution in [3.05, 3.63) is 124 Å². The number of rotatable bonds is 4. The van der Waals surface area contributed by atoms with Crippen LogP contribution in [-0.2, 0) is 9.59 Å². The topological polar surface area (TPSA) is 80.5 Å². The van der Waals surface area contributed by atoms with Crippen LogP contribution in [0.25, 0.3) is 5.57 Å². The van der Waals surface area contributed by atoms with E-state index in [1.165, 1.54) is 18.2 Å². The molecule has 1 aliphatic heterocycles. The number of carbonyl (C=O) groups is 2. The molecule has 0 spiro atoms. The van der Waals surface area contributed by atoms with Crippen LogP contribution in [0.3, 0.4) is 0 Å². The van der Waals surface area contributed by atoms with Crippen molar-refractivity contribution in [3.8, 4) is 0 Å². The number of benzene rings is 3. The summed E-state index contributed by atoms with van der Waals surface area (Å²) < 4.78 is 0. The fourth-order valence-corrected chi connectivity index (χ4v) is 5.85. The van der Waals surface area contributed by atoms with E-state index in [4.69, 9.17) is 0 Å². The van der Waals surface area contributed by atoms with E-state index in [2.05, 4.69) is 0 Å². The van der Waals surface area contributed by atoms with Crippen LogP contribution in [0.15, 0.2) is 103 Å². The standard InChI is InChI=1S/C28H20N2O4/c31-27-25-19-15-16-20(26(25)28(32)29(27)21-13-7-8-14-22(21)30(33)34)24(19)23(17-9-3-1-4-10-17)18-11-5-2-6-12-18/h1-16,19-20,25-26H/t19-,20-,25-,26-/m1/s1. The van der Waals surface area contributed by atoms with Gasteiger partial charge in [-0.25, -0.2) is 4.90 Å². The number of fused-ring (bicyclic) bond motifs is 5. The molecule has 0 aromatic heterocycles. The number of allylic oxidation sites excluding steroid dienone is 3. The van der Waals surface area contributed by atoms with Gasteiger partial charge in [0.2, 0.25) is 11.8 Å². The third kappa shape index (κ3) is 2.81. The van der Waals surface area contributed by atoms with Crippen LogP contribution in [0.4, 0.5) is 11.4 Å². The van der Waals surface area contributed by atoms with Crippen LogP contribution in [0.1, 0.15) is 11.1 Å². The number of nitrogens with zero attached hydrogens (tertiary/aromatic N) is 2. The first-order valence-electron chi connectivity index (χ1n) is 11.2. The number of hydrogen-bond donors (Lipinski definition) is 0. The van der Waals surface area contributed by atoms with E-state index < -0.39 is 16.8 Å². The van der Waals surface area contributed by atoms with Gasteiger partial charge in [-0.2, -0.15) is 0 Å². The van der Waals surface area contributed by atoms with Crippen molar-refractivity contribution in [1.29, 1.82) is 0 Å². The Balaban J connectivity index is 1.49. The molecule has 6 rings (SSSR count). The highest BCUT2D eigenvalue weighted by Gasteiger charge is 2.63. The lowest BCUT2D eigenvalue weighted by atomic mass is 9.85. The molecule has 3 aromatic carbocycles. The summed E-state index contributed by atoms with van der Waals surface area (Å²) in [5, 5.41) is 11.6. The van der Waals surface area contributed by atoms with E-state index in [9.17, 15) is 19.7 Å². The van der Waals surface area contributed by atoms with Gasteiger partial charge in [-0.3, -0.25) is 19.7 Å². The van der Waals surface area contributed by atoms with Crippen LogP contribution < -0.4 is 4.90 Å². The quantitative estimate of drug-likeness (QED) is 0.243. The maximum Gasteiger partial charge on any atom is 0.293 e. The van der Waals surface area contributed by atoms with Gasteiger partial charge >= 0.3 is 0 Å². The van der Waals surface area contributed by atoms with E-state index in [0.29, 0.717) is 0 Å². The molecule has 0 radical (unpaired) electrons. The molecule has 6 heteroatoms. The molecule has 2 fully saturated rings. The minimum atomic E-state index is -0.556. The predicted molar refractivity (Wildman–Crippen MR) is 128 cm³/mol. The highest BCUT2D eigenvalue weighted by atomic mass is 16.6. The second-order valence-electron chi connectivity index (χ2n) is 8.81. The van der Waals surface area contributed by atoms with E-state index >= 15 is 0 Å². The average Bonchev–Trinajstić information content (AvgIpc) is 3.50. The monoisotopic (exact) mass is 448 g/mol. The summed E-state index contributed by atoms with van der Waals surface area (Å²) in [6, 6.07) is 26.0. The van der Waals surface area contributed by atoms with Crippen molar-refractivity contribution in [2.75, 3.05) is 4.90 Å².